The first-order valence-electron chi connectivity index (χ1n) is 11.2. The van der Waals surface area contributed by atoms with Gasteiger partial charge in [-0.25, -0.2) is 0 Å². The average molecular weight is 425 g/mol. The molecule has 1 unspecified atom stereocenters. The number of unbranched alkanes of at least 4 members (excludes halogenated alkanes) is 12. The number of alkyl halides is 1. The van der Waals surface area contributed by atoms with Gasteiger partial charge in [0.25, 0.3) is 0 Å². The lowest BCUT2D eigenvalue weighted by atomic mass is 10.1. The van der Waals surface area contributed by atoms with Gasteiger partial charge in [0, 0.05) is 0 Å². The normalized spacial score (nSPS) is 13.1. The van der Waals surface area contributed by atoms with Gasteiger partial charge in [0.05, 0.1) is 26.5 Å². The molecule has 0 rings (SSSR count). The van der Waals surface area contributed by atoms with E-state index >= 15 is 0 Å². The zero-order valence-electron chi connectivity index (χ0n) is 18.4. The van der Waals surface area contributed by atoms with Crippen LogP contribution in [0, 0.1) is 0 Å². The Balaban J connectivity index is 0. The Labute approximate surface area is 181 Å². The average Bonchev–Trinajstić information content (AvgIpc) is 2.60. The molecule has 0 aromatic carbocycles. The fraction of sp³-hybridized carbons (Fsp3) is 0.913. The Kier molecular flexibility index (Phi) is 22.9. The maximum absolute atomic E-state index is 9.68. The number of rotatable bonds is 19. The SMILES string of the molecule is CCCCCCCC/C=C\CCCCCCCC[N+](C)(C)CC(O)CCl.[Cl-]. The summed E-state index contributed by atoms with van der Waals surface area (Å²) in [5, 5.41) is 9.68. The fourth-order valence-corrected chi connectivity index (χ4v) is 3.60. The molecule has 0 heterocycles. The van der Waals surface area contributed by atoms with E-state index in [0.717, 1.165) is 17.6 Å². The number of quaternary nitrogens is 1. The highest BCUT2D eigenvalue weighted by atomic mass is 35.5. The van der Waals surface area contributed by atoms with Crippen molar-refractivity contribution in [3.8, 4) is 0 Å². The first-order chi connectivity index (χ1) is 12.5. The monoisotopic (exact) mass is 423 g/mol. The van der Waals surface area contributed by atoms with Crippen molar-refractivity contribution in [2.45, 2.75) is 103 Å². The molecule has 1 atom stereocenters. The van der Waals surface area contributed by atoms with Crippen LogP contribution in [0.15, 0.2) is 12.2 Å². The largest absolute Gasteiger partial charge is 1.00 e. The quantitative estimate of drug-likeness (QED) is 0.145. The summed E-state index contributed by atoms with van der Waals surface area (Å²) in [6, 6.07) is 0. The van der Waals surface area contributed by atoms with E-state index in [-0.39, 0.29) is 18.5 Å². The van der Waals surface area contributed by atoms with Gasteiger partial charge < -0.3 is 22.0 Å². The van der Waals surface area contributed by atoms with Crippen LogP contribution in [-0.4, -0.2) is 48.8 Å². The van der Waals surface area contributed by atoms with Crippen LogP contribution in [0.5, 0.6) is 0 Å². The molecule has 0 amide bonds. The summed E-state index contributed by atoms with van der Waals surface area (Å²) in [6.45, 7) is 4.17. The number of nitrogens with zero attached hydrogens (tertiary/aromatic N) is 1. The van der Waals surface area contributed by atoms with Crippen LogP contribution in [0.2, 0.25) is 0 Å². The van der Waals surface area contributed by atoms with E-state index in [1.165, 1.54) is 89.9 Å². The van der Waals surface area contributed by atoms with Gasteiger partial charge >= 0.3 is 0 Å². The molecule has 0 aliphatic carbocycles. The van der Waals surface area contributed by atoms with Crippen molar-refractivity contribution in [1.82, 2.24) is 0 Å². The third-order valence-corrected chi connectivity index (χ3v) is 5.51. The molecule has 0 aromatic heterocycles. The van der Waals surface area contributed by atoms with Gasteiger partial charge in [-0.05, 0) is 38.5 Å². The number of hydrogen-bond donors (Lipinski definition) is 1. The van der Waals surface area contributed by atoms with Gasteiger partial charge in [0.1, 0.15) is 12.6 Å². The molecule has 0 aliphatic rings. The van der Waals surface area contributed by atoms with Crippen molar-refractivity contribution in [1.29, 1.82) is 0 Å². The predicted octanol–water partition coefficient (Wildman–Crippen LogP) is 3.70. The lowest BCUT2D eigenvalue weighted by Gasteiger charge is -2.31. The van der Waals surface area contributed by atoms with Crippen molar-refractivity contribution in [3.63, 3.8) is 0 Å². The molecule has 0 radical (unpaired) electrons. The summed E-state index contributed by atoms with van der Waals surface area (Å²) < 4.78 is 0.872. The molecule has 164 valence electrons. The summed E-state index contributed by atoms with van der Waals surface area (Å²) in [6.07, 6.45) is 23.3. The van der Waals surface area contributed by atoms with E-state index in [0.29, 0.717) is 5.88 Å². The second-order valence-corrected chi connectivity index (χ2v) is 8.90. The van der Waals surface area contributed by atoms with Crippen LogP contribution in [-0.2, 0) is 0 Å². The van der Waals surface area contributed by atoms with Crippen LogP contribution >= 0.6 is 11.6 Å². The molecule has 0 fully saturated rings. The summed E-state index contributed by atoms with van der Waals surface area (Å²) in [5.74, 6) is 0.342. The number of likely N-dealkylation sites (N-methyl/N-ethyl adjacent to an activating group) is 1. The third kappa shape index (κ3) is 22.4. The molecule has 4 heteroatoms. The first-order valence-corrected chi connectivity index (χ1v) is 11.8. The number of aliphatic hydroxyl groups excluding tert-OH is 1. The van der Waals surface area contributed by atoms with Crippen LogP contribution in [0.3, 0.4) is 0 Å². The number of halogens is 2. The predicted molar refractivity (Wildman–Crippen MR) is 118 cm³/mol. The minimum atomic E-state index is -0.374. The summed E-state index contributed by atoms with van der Waals surface area (Å²) in [5.41, 5.74) is 0. The fourth-order valence-electron chi connectivity index (χ4n) is 3.50. The molecule has 2 nitrogen and oxygen atoms in total. The summed E-state index contributed by atoms with van der Waals surface area (Å²) in [7, 11) is 4.38. The van der Waals surface area contributed by atoms with Gasteiger partial charge in [-0.15, -0.1) is 11.6 Å². The Morgan fingerprint density at radius 3 is 1.70 bits per heavy atom. The van der Waals surface area contributed by atoms with Crippen molar-refractivity contribution < 1.29 is 22.0 Å². The Morgan fingerprint density at radius 2 is 1.22 bits per heavy atom. The van der Waals surface area contributed by atoms with Gasteiger partial charge in [-0.2, -0.15) is 0 Å². The zero-order chi connectivity index (χ0) is 19.5. The second-order valence-electron chi connectivity index (χ2n) is 8.59. The standard InChI is InChI=1S/C23H47ClNO.ClH/c1-4-5-6-7-8-9-10-11-12-13-14-15-16-17-18-19-20-25(2,3)22-23(26)21-24;/h11-12,23,26H,4-10,13-22H2,1-3H3;1H/q+1;/p-1/b12-11-;. The second kappa shape index (κ2) is 21.0. The minimum absolute atomic E-state index is 0. The van der Waals surface area contributed by atoms with Gasteiger partial charge in [-0.3, -0.25) is 0 Å². The van der Waals surface area contributed by atoms with Crippen molar-refractivity contribution in [3.05, 3.63) is 12.2 Å². The minimum Gasteiger partial charge on any atom is -1.00 e. The van der Waals surface area contributed by atoms with Gasteiger partial charge in [0.15, 0.2) is 0 Å². The Morgan fingerprint density at radius 1 is 0.778 bits per heavy atom. The molecule has 0 bridgehead atoms. The van der Waals surface area contributed by atoms with Crippen molar-refractivity contribution >= 4 is 11.6 Å². The lowest BCUT2D eigenvalue weighted by molar-refractivity contribution is -0.893. The number of aliphatic hydroxyl groups is 1. The van der Waals surface area contributed by atoms with Gasteiger partial charge in [-0.1, -0.05) is 70.4 Å². The third-order valence-electron chi connectivity index (χ3n) is 5.16. The van der Waals surface area contributed by atoms with E-state index in [2.05, 4.69) is 33.2 Å². The molecule has 1 N–H and O–H groups in total. The van der Waals surface area contributed by atoms with Crippen molar-refractivity contribution in [2.24, 2.45) is 0 Å². The molecule has 0 aromatic rings. The molecule has 0 saturated heterocycles. The highest BCUT2D eigenvalue weighted by Gasteiger charge is 2.19. The maximum atomic E-state index is 9.68. The maximum Gasteiger partial charge on any atom is 0.116 e. The van der Waals surface area contributed by atoms with Crippen LogP contribution < -0.4 is 12.4 Å². The molecule has 0 spiro atoms. The van der Waals surface area contributed by atoms with Crippen LogP contribution in [0.4, 0.5) is 0 Å². The first kappa shape index (κ1) is 29.4. The molecular weight excluding hydrogens is 377 g/mol. The van der Waals surface area contributed by atoms with Crippen molar-refractivity contribution in [2.75, 3.05) is 33.1 Å². The van der Waals surface area contributed by atoms with E-state index < -0.39 is 0 Å². The smallest absolute Gasteiger partial charge is 0.116 e. The number of hydrogen-bond acceptors (Lipinski definition) is 1. The van der Waals surface area contributed by atoms with Crippen LogP contribution in [0.1, 0.15) is 96.8 Å². The Bertz CT molecular complexity index is 322. The lowest BCUT2D eigenvalue weighted by Crippen LogP contribution is -3.00. The van der Waals surface area contributed by atoms with Crippen LogP contribution in [0.25, 0.3) is 0 Å². The molecule has 27 heavy (non-hydrogen) atoms. The van der Waals surface area contributed by atoms with E-state index in [9.17, 15) is 5.11 Å². The molecule has 0 saturated carbocycles. The Hall–Kier alpha value is 0.240. The van der Waals surface area contributed by atoms with E-state index in [1.54, 1.807) is 0 Å². The zero-order valence-corrected chi connectivity index (χ0v) is 19.9. The molecular formula is C23H47Cl2NO. The highest BCUT2D eigenvalue weighted by molar-refractivity contribution is 6.18. The summed E-state index contributed by atoms with van der Waals surface area (Å²) in [4.78, 5) is 0. The number of allylic oxidation sites excluding steroid dienone is 2. The summed E-state index contributed by atoms with van der Waals surface area (Å²) >= 11 is 5.70. The highest BCUT2D eigenvalue weighted by Crippen LogP contribution is 2.11. The topological polar surface area (TPSA) is 20.2 Å². The van der Waals surface area contributed by atoms with Gasteiger partial charge in [0.2, 0.25) is 0 Å². The molecule has 0 aliphatic heterocycles. The van der Waals surface area contributed by atoms with E-state index in [4.69, 9.17) is 11.6 Å². The van der Waals surface area contributed by atoms with E-state index in [1.807, 2.05) is 0 Å².